The highest BCUT2D eigenvalue weighted by Gasteiger charge is 2.41. The van der Waals surface area contributed by atoms with Gasteiger partial charge in [0.15, 0.2) is 11.6 Å². The SMILES string of the molecule is CC(C)(C)[Si](C)(C)c1cc(C(=O)c2ccc(C(F)(F)F)cc2)c(C#Cc2sc([Si](C)(C)C(C)(C)C)cc2C(=O)c2ccc(C(F)(F)F)cc2)s1. The summed E-state index contributed by atoms with van der Waals surface area (Å²) in [7, 11) is -4.38. The molecule has 0 saturated carbocycles. The molecule has 50 heavy (non-hydrogen) atoms. The maximum Gasteiger partial charge on any atom is 0.416 e. The summed E-state index contributed by atoms with van der Waals surface area (Å²) in [6, 6.07) is 11.8. The summed E-state index contributed by atoms with van der Waals surface area (Å²) in [6.45, 7) is 21.6. The molecule has 0 spiro atoms. The Morgan fingerprint density at radius 3 is 1.06 bits per heavy atom. The van der Waals surface area contributed by atoms with Crippen LogP contribution in [0.15, 0.2) is 60.7 Å². The maximum absolute atomic E-state index is 13.9. The van der Waals surface area contributed by atoms with E-state index in [-0.39, 0.29) is 32.3 Å². The van der Waals surface area contributed by atoms with Gasteiger partial charge >= 0.3 is 12.4 Å². The van der Waals surface area contributed by atoms with Crippen molar-refractivity contribution >= 4 is 59.4 Å². The quantitative estimate of drug-likeness (QED) is 0.0848. The van der Waals surface area contributed by atoms with Crippen molar-refractivity contribution in [2.75, 3.05) is 0 Å². The first-order valence-electron chi connectivity index (χ1n) is 15.9. The third-order valence-corrected chi connectivity index (χ3v) is 25.8. The third-order valence-electron chi connectivity index (χ3n) is 10.2. The van der Waals surface area contributed by atoms with Gasteiger partial charge in [0.1, 0.15) is 0 Å². The van der Waals surface area contributed by atoms with E-state index in [0.717, 1.165) is 57.5 Å². The number of benzene rings is 2. The average molecular weight is 763 g/mol. The van der Waals surface area contributed by atoms with E-state index in [4.69, 9.17) is 0 Å². The zero-order chi connectivity index (χ0) is 37.8. The minimum Gasteiger partial charge on any atom is -0.289 e. The summed E-state index contributed by atoms with van der Waals surface area (Å²) in [6.07, 6.45) is -9.09. The van der Waals surface area contributed by atoms with Gasteiger partial charge in [0.25, 0.3) is 0 Å². The van der Waals surface area contributed by atoms with Crippen LogP contribution in [-0.2, 0) is 12.4 Å². The van der Waals surface area contributed by atoms with Gasteiger partial charge in [-0.2, -0.15) is 26.3 Å². The first-order valence-corrected chi connectivity index (χ1v) is 23.5. The molecule has 2 aromatic carbocycles. The van der Waals surface area contributed by atoms with E-state index in [1.807, 2.05) is 12.1 Å². The second kappa shape index (κ2) is 13.4. The molecule has 12 heteroatoms. The molecule has 0 saturated heterocycles. The van der Waals surface area contributed by atoms with Crippen molar-refractivity contribution in [1.82, 2.24) is 0 Å². The predicted molar refractivity (Wildman–Crippen MR) is 198 cm³/mol. The zero-order valence-electron chi connectivity index (χ0n) is 29.7. The minimum absolute atomic E-state index is 0.0927. The highest BCUT2D eigenvalue weighted by atomic mass is 32.1. The van der Waals surface area contributed by atoms with Crippen LogP contribution in [0.5, 0.6) is 0 Å². The normalized spacial score (nSPS) is 13.2. The van der Waals surface area contributed by atoms with Crippen LogP contribution in [0.4, 0.5) is 26.3 Å². The van der Waals surface area contributed by atoms with E-state index < -0.39 is 51.2 Å². The monoisotopic (exact) mass is 762 g/mol. The Hall–Kier alpha value is -3.25. The fourth-order valence-corrected chi connectivity index (χ4v) is 13.2. The lowest BCUT2D eigenvalue weighted by Gasteiger charge is -2.35. The van der Waals surface area contributed by atoms with Crippen LogP contribution in [0.2, 0.25) is 36.3 Å². The van der Waals surface area contributed by atoms with Crippen molar-refractivity contribution in [3.8, 4) is 11.8 Å². The van der Waals surface area contributed by atoms with E-state index >= 15 is 0 Å². The number of thiophene rings is 2. The van der Waals surface area contributed by atoms with E-state index in [0.29, 0.717) is 9.75 Å². The van der Waals surface area contributed by atoms with Gasteiger partial charge in [-0.25, -0.2) is 0 Å². The smallest absolute Gasteiger partial charge is 0.289 e. The number of alkyl halides is 6. The summed E-state index contributed by atoms with van der Waals surface area (Å²) in [4.78, 5) is 28.6. The maximum atomic E-state index is 13.9. The van der Waals surface area contributed by atoms with Crippen LogP contribution in [0.3, 0.4) is 0 Å². The Labute approximate surface area is 300 Å². The highest BCUT2D eigenvalue weighted by molar-refractivity contribution is 7.28. The van der Waals surface area contributed by atoms with Crippen molar-refractivity contribution < 1.29 is 35.9 Å². The van der Waals surface area contributed by atoms with Crippen molar-refractivity contribution in [3.63, 3.8) is 0 Å². The van der Waals surface area contributed by atoms with Crippen molar-refractivity contribution in [3.05, 3.63) is 104 Å². The van der Waals surface area contributed by atoms with Crippen LogP contribution in [0.1, 0.15) is 94.3 Å². The van der Waals surface area contributed by atoms with E-state index in [1.54, 1.807) is 0 Å². The molecule has 0 N–H and O–H groups in total. The summed E-state index contributed by atoms with van der Waals surface area (Å²) in [5.74, 6) is 5.39. The molecule has 266 valence electrons. The fraction of sp³-hybridized carbons (Fsp3) is 0.368. The largest absolute Gasteiger partial charge is 0.416 e. The first-order chi connectivity index (χ1) is 22.7. The number of rotatable bonds is 6. The van der Waals surface area contributed by atoms with Crippen molar-refractivity contribution in [1.29, 1.82) is 0 Å². The van der Waals surface area contributed by atoms with Crippen LogP contribution >= 0.6 is 22.7 Å². The van der Waals surface area contributed by atoms with Gasteiger partial charge in [-0.05, 0) is 67.3 Å². The average Bonchev–Trinajstić information content (AvgIpc) is 3.63. The highest BCUT2D eigenvalue weighted by Crippen LogP contribution is 2.39. The van der Waals surface area contributed by atoms with Gasteiger partial charge in [-0.1, -0.05) is 92.0 Å². The molecule has 0 bridgehead atoms. The van der Waals surface area contributed by atoms with Crippen LogP contribution in [-0.4, -0.2) is 27.7 Å². The van der Waals surface area contributed by atoms with E-state index in [1.165, 1.54) is 22.7 Å². The second-order valence-electron chi connectivity index (χ2n) is 15.5. The number of carbonyl (C=O) groups excluding carboxylic acids is 2. The summed E-state index contributed by atoms with van der Waals surface area (Å²) < 4.78 is 81.5. The standard InChI is InChI=1S/C38H40F6O2S2Si2/c1-35(2,3)49(7,8)31-21-27(33(45)23-11-15-25(16-12-23)37(39,40)41)29(47-31)19-20-30-28(22-32(48-30)50(9,10)36(4,5)6)34(46)24-13-17-26(18-14-24)38(42,43)44/h11-18,21-22H,1-10H3. The Morgan fingerprint density at radius 1 is 0.540 bits per heavy atom. The van der Waals surface area contributed by atoms with Gasteiger partial charge in [0.2, 0.25) is 0 Å². The molecule has 0 amide bonds. The second-order valence-corrected chi connectivity index (χ2v) is 28.9. The van der Waals surface area contributed by atoms with Gasteiger partial charge in [-0.15, -0.1) is 22.7 Å². The predicted octanol–water partition coefficient (Wildman–Crippen LogP) is 11.1. The van der Waals surface area contributed by atoms with Gasteiger partial charge < -0.3 is 0 Å². The third kappa shape index (κ3) is 7.96. The van der Waals surface area contributed by atoms with Crippen LogP contribution in [0.25, 0.3) is 0 Å². The minimum atomic E-state index is -4.55. The number of ketones is 2. The Morgan fingerprint density at radius 2 is 0.820 bits per heavy atom. The lowest BCUT2D eigenvalue weighted by Crippen LogP contribution is -2.47. The molecule has 2 aromatic heterocycles. The molecule has 0 aliphatic heterocycles. The van der Waals surface area contributed by atoms with Gasteiger partial charge in [-0.3, -0.25) is 9.59 Å². The molecular formula is C38H40F6O2S2Si2. The summed E-state index contributed by atoms with van der Waals surface area (Å²) in [5, 5.41) is -0.186. The van der Waals surface area contributed by atoms with Crippen molar-refractivity contribution in [2.45, 2.75) is 90.2 Å². The Kier molecular flexibility index (Phi) is 10.6. The van der Waals surface area contributed by atoms with Gasteiger partial charge in [0.05, 0.1) is 37.0 Å². The summed E-state index contributed by atoms with van der Waals surface area (Å²) >= 11 is 2.77. The van der Waals surface area contributed by atoms with Crippen LogP contribution in [0, 0.1) is 11.8 Å². The number of halogens is 6. The topological polar surface area (TPSA) is 34.1 Å². The fourth-order valence-electron chi connectivity index (χ4n) is 4.71. The summed E-state index contributed by atoms with van der Waals surface area (Å²) in [5.41, 5.74) is -0.980. The Bertz CT molecular complexity index is 1830. The molecular weight excluding hydrogens is 723 g/mol. The van der Waals surface area contributed by atoms with E-state index in [2.05, 4.69) is 79.6 Å². The number of hydrogen-bond acceptors (Lipinski definition) is 4. The van der Waals surface area contributed by atoms with Crippen LogP contribution < -0.4 is 9.00 Å². The molecule has 2 heterocycles. The molecule has 4 aromatic rings. The lowest BCUT2D eigenvalue weighted by molar-refractivity contribution is -0.138. The molecule has 0 aliphatic carbocycles. The first kappa shape index (κ1) is 39.5. The van der Waals surface area contributed by atoms with Crippen molar-refractivity contribution in [2.24, 2.45) is 0 Å². The molecule has 0 aliphatic rings. The molecule has 0 radical (unpaired) electrons. The molecule has 0 unspecified atom stereocenters. The number of carbonyl (C=O) groups is 2. The lowest BCUT2D eigenvalue weighted by atomic mass is 10.0. The molecule has 0 atom stereocenters. The Balaban J connectivity index is 1.90. The zero-order valence-corrected chi connectivity index (χ0v) is 33.3. The number of hydrogen-bond donors (Lipinski definition) is 0. The molecule has 2 nitrogen and oxygen atoms in total. The molecule has 4 rings (SSSR count). The molecule has 0 fully saturated rings. The van der Waals surface area contributed by atoms with Gasteiger partial charge in [0, 0.05) is 22.3 Å². The van der Waals surface area contributed by atoms with E-state index in [9.17, 15) is 35.9 Å².